The van der Waals surface area contributed by atoms with E-state index in [2.05, 4.69) is 164 Å². The van der Waals surface area contributed by atoms with Crippen LogP contribution in [0.3, 0.4) is 0 Å². The number of nitrogens with zero attached hydrogens (tertiary/aromatic N) is 3. The Hall–Kier alpha value is -7.95. The van der Waals surface area contributed by atoms with Gasteiger partial charge in [0.1, 0.15) is 11.2 Å². The zero-order valence-corrected chi connectivity index (χ0v) is 32.3. The molecule has 2 aliphatic carbocycles. The van der Waals surface area contributed by atoms with Gasteiger partial charge < -0.3 is 4.42 Å². The van der Waals surface area contributed by atoms with Crippen LogP contribution in [0, 0.1) is 0 Å². The van der Waals surface area contributed by atoms with Gasteiger partial charge in [-0.15, -0.1) is 0 Å². The maximum atomic E-state index is 6.46. The van der Waals surface area contributed by atoms with Crippen LogP contribution in [0.4, 0.5) is 0 Å². The van der Waals surface area contributed by atoms with E-state index >= 15 is 0 Å². The molecule has 278 valence electrons. The van der Waals surface area contributed by atoms with Crippen molar-refractivity contribution in [2.24, 2.45) is 0 Å². The predicted molar refractivity (Wildman–Crippen MR) is 243 cm³/mol. The third-order valence-electron chi connectivity index (χ3n) is 12.7. The summed E-state index contributed by atoms with van der Waals surface area (Å²) in [5, 5.41) is 4.48. The Morgan fingerprint density at radius 3 is 1.58 bits per heavy atom. The van der Waals surface area contributed by atoms with E-state index in [1.165, 1.54) is 44.3 Å². The summed E-state index contributed by atoms with van der Waals surface area (Å²) >= 11 is 0. The highest BCUT2D eigenvalue weighted by atomic mass is 16.3. The second-order valence-corrected chi connectivity index (χ2v) is 15.8. The molecule has 60 heavy (non-hydrogen) atoms. The number of furan rings is 1. The number of hydrogen-bond donors (Lipinski definition) is 0. The van der Waals surface area contributed by atoms with Crippen LogP contribution in [0.1, 0.15) is 22.3 Å². The molecule has 11 aromatic rings. The molecule has 0 unspecified atom stereocenters. The molecule has 2 aliphatic rings. The smallest absolute Gasteiger partial charge is 0.164 e. The Morgan fingerprint density at radius 1 is 0.350 bits per heavy atom. The number of pyridine rings is 1. The van der Waals surface area contributed by atoms with Crippen LogP contribution < -0.4 is 0 Å². The van der Waals surface area contributed by atoms with E-state index in [4.69, 9.17) is 19.4 Å². The lowest BCUT2D eigenvalue weighted by Crippen LogP contribution is -2.26. The number of para-hydroxylation sites is 2. The van der Waals surface area contributed by atoms with E-state index < -0.39 is 5.41 Å². The first kappa shape index (κ1) is 33.1. The van der Waals surface area contributed by atoms with Crippen molar-refractivity contribution in [2.75, 3.05) is 0 Å². The van der Waals surface area contributed by atoms with Crippen molar-refractivity contribution in [1.82, 2.24) is 15.0 Å². The van der Waals surface area contributed by atoms with Crippen LogP contribution >= 0.6 is 0 Å². The fraction of sp³-hybridized carbons (Fsp3) is 0.0179. The van der Waals surface area contributed by atoms with Gasteiger partial charge in [-0.25, -0.2) is 15.0 Å². The van der Waals surface area contributed by atoms with Gasteiger partial charge in [-0.3, -0.25) is 0 Å². The van der Waals surface area contributed by atoms with Crippen molar-refractivity contribution < 1.29 is 4.42 Å². The molecule has 0 saturated heterocycles. The summed E-state index contributed by atoms with van der Waals surface area (Å²) in [6.07, 6.45) is 0. The minimum absolute atomic E-state index is 0.470. The largest absolute Gasteiger partial charge is 0.455 e. The van der Waals surface area contributed by atoms with Crippen LogP contribution in [-0.2, 0) is 5.41 Å². The second-order valence-electron chi connectivity index (χ2n) is 15.8. The van der Waals surface area contributed by atoms with E-state index in [9.17, 15) is 0 Å². The van der Waals surface area contributed by atoms with Crippen molar-refractivity contribution >= 4 is 32.7 Å². The average Bonchev–Trinajstić information content (AvgIpc) is 3.96. The first-order chi connectivity index (χ1) is 29.8. The molecule has 0 amide bonds. The van der Waals surface area contributed by atoms with Crippen LogP contribution in [0.5, 0.6) is 0 Å². The molecule has 0 radical (unpaired) electrons. The van der Waals surface area contributed by atoms with Gasteiger partial charge in [0, 0.05) is 44.0 Å². The van der Waals surface area contributed by atoms with Crippen LogP contribution in [0.2, 0.25) is 0 Å². The van der Waals surface area contributed by atoms with Crippen molar-refractivity contribution in [3.8, 4) is 67.5 Å². The molecule has 0 fully saturated rings. The summed E-state index contributed by atoms with van der Waals surface area (Å²) in [6.45, 7) is 0. The minimum atomic E-state index is -0.470. The number of fused-ring (bicyclic) bond motifs is 15. The Morgan fingerprint density at radius 2 is 0.867 bits per heavy atom. The molecule has 4 nitrogen and oxygen atoms in total. The van der Waals surface area contributed by atoms with Gasteiger partial charge in [0.05, 0.1) is 33.8 Å². The molecule has 0 bridgehead atoms. The molecular weight excluding hydrogens is 731 g/mol. The highest BCUT2D eigenvalue weighted by Gasteiger charge is 2.53. The van der Waals surface area contributed by atoms with Crippen molar-refractivity contribution in [3.63, 3.8) is 0 Å². The third kappa shape index (κ3) is 4.53. The quantitative estimate of drug-likeness (QED) is 0.179. The Balaban J connectivity index is 0.989. The average molecular weight is 764 g/mol. The molecular formula is C56H33N3O. The molecule has 3 heterocycles. The van der Waals surface area contributed by atoms with Crippen molar-refractivity contribution in [3.05, 3.63) is 222 Å². The van der Waals surface area contributed by atoms with E-state index in [1.807, 2.05) is 36.4 Å². The van der Waals surface area contributed by atoms with Gasteiger partial charge in [-0.1, -0.05) is 182 Å². The molecule has 3 aromatic heterocycles. The first-order valence-electron chi connectivity index (χ1n) is 20.4. The minimum Gasteiger partial charge on any atom is -0.455 e. The molecule has 13 rings (SSSR count). The molecule has 8 aromatic carbocycles. The second kappa shape index (κ2) is 12.5. The molecule has 0 N–H and O–H groups in total. The lowest BCUT2D eigenvalue weighted by atomic mass is 9.69. The Bertz CT molecular complexity index is 3500. The van der Waals surface area contributed by atoms with Crippen molar-refractivity contribution in [2.45, 2.75) is 5.41 Å². The SMILES string of the molecule is c1ccc(-c2cc(-c3ccc(-c4nc5c(c6ccccc46)C4(c6ccccc6-c6ccccc64)c4ccccc4-5)cc3)nc(-c3cccc4c3oc3ccccc34)n2)cc1. The van der Waals surface area contributed by atoms with Gasteiger partial charge in [0.15, 0.2) is 5.82 Å². The van der Waals surface area contributed by atoms with Gasteiger partial charge in [-0.05, 0) is 51.4 Å². The number of hydrogen-bond acceptors (Lipinski definition) is 4. The fourth-order valence-electron chi connectivity index (χ4n) is 10.2. The third-order valence-corrected chi connectivity index (χ3v) is 12.7. The van der Waals surface area contributed by atoms with E-state index in [0.29, 0.717) is 5.82 Å². The zero-order chi connectivity index (χ0) is 39.4. The summed E-state index contributed by atoms with van der Waals surface area (Å²) in [5.41, 5.74) is 17.7. The van der Waals surface area contributed by atoms with Crippen LogP contribution in [-0.4, -0.2) is 15.0 Å². The van der Waals surface area contributed by atoms with Gasteiger partial charge in [0.2, 0.25) is 0 Å². The number of aromatic nitrogens is 3. The monoisotopic (exact) mass is 763 g/mol. The normalized spacial score (nSPS) is 13.1. The zero-order valence-electron chi connectivity index (χ0n) is 32.3. The molecule has 0 atom stereocenters. The number of rotatable bonds is 4. The lowest BCUT2D eigenvalue weighted by molar-refractivity contribution is 0.669. The van der Waals surface area contributed by atoms with Crippen LogP contribution in [0.15, 0.2) is 205 Å². The van der Waals surface area contributed by atoms with E-state index in [-0.39, 0.29) is 0 Å². The summed E-state index contributed by atoms with van der Waals surface area (Å²) in [7, 11) is 0. The van der Waals surface area contributed by atoms with Gasteiger partial charge in [0.25, 0.3) is 0 Å². The summed E-state index contributed by atoms with van der Waals surface area (Å²) in [6, 6.07) is 71.1. The molecule has 0 saturated carbocycles. The maximum absolute atomic E-state index is 6.46. The van der Waals surface area contributed by atoms with E-state index in [1.54, 1.807) is 0 Å². The lowest BCUT2D eigenvalue weighted by Gasteiger charge is -2.31. The predicted octanol–water partition coefficient (Wildman–Crippen LogP) is 13.9. The summed E-state index contributed by atoms with van der Waals surface area (Å²) in [5.74, 6) is 0.619. The maximum Gasteiger partial charge on any atom is 0.164 e. The highest BCUT2D eigenvalue weighted by Crippen LogP contribution is 2.64. The van der Waals surface area contributed by atoms with Crippen LogP contribution in [0.25, 0.3) is 100 Å². The van der Waals surface area contributed by atoms with E-state index in [0.717, 1.165) is 72.4 Å². The summed E-state index contributed by atoms with van der Waals surface area (Å²) < 4.78 is 6.46. The molecule has 1 spiro atoms. The van der Waals surface area contributed by atoms with Gasteiger partial charge >= 0.3 is 0 Å². The first-order valence-corrected chi connectivity index (χ1v) is 20.4. The molecule has 0 aliphatic heterocycles. The van der Waals surface area contributed by atoms with Gasteiger partial charge in [-0.2, -0.15) is 0 Å². The fourth-order valence-corrected chi connectivity index (χ4v) is 10.2. The topological polar surface area (TPSA) is 51.8 Å². The Labute approximate surface area is 346 Å². The molecule has 4 heteroatoms. The van der Waals surface area contributed by atoms with Crippen molar-refractivity contribution in [1.29, 1.82) is 0 Å². The highest BCUT2D eigenvalue weighted by molar-refractivity contribution is 6.09. The number of benzene rings is 8. The standard InChI is InChI=1S/C56H33N3O/c1-2-15-34(16-3-1)48-33-49(58-55(57-48)44-24-14-23-42-39-19-9-13-28-50(39)60-54(42)44)35-29-31-36(32-30-35)52-41-21-5-4-20-40(41)51-53(59-52)43-22-8-12-27-47(43)56(51)45-25-10-6-17-37(45)38-18-7-11-26-46(38)56/h1-33H. The Kier molecular flexibility index (Phi) is 6.90. The summed E-state index contributed by atoms with van der Waals surface area (Å²) in [4.78, 5) is 16.1.